The van der Waals surface area contributed by atoms with Crippen LogP contribution < -0.4 is 21.5 Å². The van der Waals surface area contributed by atoms with Crippen LogP contribution in [0.2, 0.25) is 0 Å². The lowest BCUT2D eigenvalue weighted by Gasteiger charge is -2.12. The molecule has 2 N–H and O–H groups in total. The summed E-state index contributed by atoms with van der Waals surface area (Å²) in [6.07, 6.45) is 0. The molecule has 10 heteroatoms. The number of hydrogen-bond donors (Lipinski definition) is 2. The van der Waals surface area contributed by atoms with Crippen molar-refractivity contribution in [1.29, 1.82) is 0 Å². The summed E-state index contributed by atoms with van der Waals surface area (Å²) in [6, 6.07) is 22.7. The molecule has 0 atom stereocenters. The smallest absolute Gasteiger partial charge is 0.440 e. The minimum Gasteiger partial charge on any atom is -0.489 e. The molecule has 0 aliphatic carbocycles. The summed E-state index contributed by atoms with van der Waals surface area (Å²) in [4.78, 5) is 37.4. The maximum absolute atomic E-state index is 12.6. The molecule has 1 amide bonds. The van der Waals surface area contributed by atoms with Gasteiger partial charge in [-0.25, -0.2) is 14.6 Å². The van der Waals surface area contributed by atoms with Crippen molar-refractivity contribution in [3.63, 3.8) is 0 Å². The second kappa shape index (κ2) is 11.1. The van der Waals surface area contributed by atoms with E-state index in [1.807, 2.05) is 43.3 Å². The number of hydrogen-bond acceptors (Lipinski definition) is 7. The van der Waals surface area contributed by atoms with E-state index in [1.54, 1.807) is 37.3 Å². The monoisotopic (exact) mass is 526 g/mol. The van der Waals surface area contributed by atoms with Crippen LogP contribution in [0.4, 0.5) is 0 Å². The largest absolute Gasteiger partial charge is 0.489 e. The maximum atomic E-state index is 12.6. The predicted molar refractivity (Wildman–Crippen MR) is 142 cm³/mol. The van der Waals surface area contributed by atoms with Crippen molar-refractivity contribution in [2.75, 3.05) is 0 Å². The number of aromatic amines is 1. The fourth-order valence-corrected chi connectivity index (χ4v) is 4.17. The van der Waals surface area contributed by atoms with Gasteiger partial charge in [-0.2, -0.15) is 0 Å². The van der Waals surface area contributed by atoms with E-state index in [4.69, 9.17) is 13.8 Å². The molecule has 0 radical (unpaired) electrons. The molecular formula is C29H26N4O6. The van der Waals surface area contributed by atoms with Crippen molar-refractivity contribution in [2.45, 2.75) is 33.5 Å². The molecule has 3 aromatic carbocycles. The quantitative estimate of drug-likeness (QED) is 0.297. The molecular weight excluding hydrogens is 500 g/mol. The number of H-pyrrole nitrogens is 1. The van der Waals surface area contributed by atoms with E-state index >= 15 is 0 Å². The highest BCUT2D eigenvalue weighted by Crippen LogP contribution is 2.26. The minimum absolute atomic E-state index is 0.140. The fourth-order valence-electron chi connectivity index (χ4n) is 4.17. The summed E-state index contributed by atoms with van der Waals surface area (Å²) < 4.78 is 16.7. The molecule has 0 saturated carbocycles. The average molecular weight is 527 g/mol. The van der Waals surface area contributed by atoms with Gasteiger partial charge in [0.15, 0.2) is 0 Å². The second-order valence-electron chi connectivity index (χ2n) is 9.12. The first-order chi connectivity index (χ1) is 18.8. The van der Waals surface area contributed by atoms with Gasteiger partial charge in [0.1, 0.15) is 23.8 Å². The van der Waals surface area contributed by atoms with Crippen molar-refractivity contribution in [1.82, 2.24) is 20.2 Å². The molecule has 39 heavy (non-hydrogen) atoms. The van der Waals surface area contributed by atoms with Crippen LogP contribution in [0.25, 0.3) is 11.1 Å². The summed E-state index contributed by atoms with van der Waals surface area (Å²) in [6.45, 7) is 4.58. The summed E-state index contributed by atoms with van der Waals surface area (Å²) in [7, 11) is 0. The molecule has 0 fully saturated rings. The van der Waals surface area contributed by atoms with Gasteiger partial charge in [-0.15, -0.1) is 4.74 Å². The topological polar surface area (TPSA) is 132 Å². The van der Waals surface area contributed by atoms with Crippen molar-refractivity contribution in [3.8, 4) is 16.9 Å². The predicted octanol–water partition coefficient (Wildman–Crippen LogP) is 3.96. The Bertz CT molecular complexity index is 1730. The number of amides is 1. The lowest BCUT2D eigenvalue weighted by Crippen LogP contribution is -2.23. The number of aryl methyl sites for hydroxylation is 2. The van der Waals surface area contributed by atoms with E-state index < -0.39 is 11.4 Å². The van der Waals surface area contributed by atoms with E-state index in [9.17, 15) is 14.4 Å². The van der Waals surface area contributed by atoms with Crippen molar-refractivity contribution < 1.29 is 18.6 Å². The van der Waals surface area contributed by atoms with Crippen LogP contribution in [0.3, 0.4) is 0 Å². The zero-order chi connectivity index (χ0) is 27.4. The summed E-state index contributed by atoms with van der Waals surface area (Å²) in [5, 5.41) is 6.76. The van der Waals surface area contributed by atoms with Gasteiger partial charge in [0.25, 0.3) is 5.91 Å². The zero-order valence-electron chi connectivity index (χ0n) is 21.4. The Balaban J connectivity index is 1.20. The Morgan fingerprint density at radius 3 is 2.51 bits per heavy atom. The van der Waals surface area contributed by atoms with Crippen LogP contribution in [0.5, 0.6) is 5.75 Å². The normalized spacial score (nSPS) is 10.9. The first-order valence-corrected chi connectivity index (χ1v) is 12.3. The van der Waals surface area contributed by atoms with E-state index in [-0.39, 0.29) is 12.5 Å². The Morgan fingerprint density at radius 1 is 1.00 bits per heavy atom. The molecule has 0 aliphatic rings. The highest BCUT2D eigenvalue weighted by atomic mass is 16.5. The van der Waals surface area contributed by atoms with Gasteiger partial charge in [0, 0.05) is 11.6 Å². The third-order valence-corrected chi connectivity index (χ3v) is 6.12. The number of ether oxygens (including phenoxy) is 1. The van der Waals surface area contributed by atoms with Gasteiger partial charge in [0.05, 0.1) is 13.1 Å². The number of nitrogens with one attached hydrogen (secondary N) is 2. The van der Waals surface area contributed by atoms with Crippen molar-refractivity contribution >= 4 is 5.91 Å². The molecule has 5 rings (SSSR count). The van der Waals surface area contributed by atoms with E-state index in [1.165, 1.54) is 0 Å². The van der Waals surface area contributed by atoms with Gasteiger partial charge in [-0.1, -0.05) is 41.6 Å². The Labute approximate surface area is 222 Å². The highest BCUT2D eigenvalue weighted by molar-refractivity contribution is 5.95. The van der Waals surface area contributed by atoms with Crippen LogP contribution in [0.1, 0.15) is 38.5 Å². The van der Waals surface area contributed by atoms with Crippen molar-refractivity contribution in [2.24, 2.45) is 0 Å². The van der Waals surface area contributed by atoms with Gasteiger partial charge >= 0.3 is 11.4 Å². The lowest BCUT2D eigenvalue weighted by atomic mass is 9.97. The number of rotatable bonds is 9. The molecule has 0 unspecified atom stereocenters. The Morgan fingerprint density at radius 2 is 1.82 bits per heavy atom. The molecule has 0 aliphatic heterocycles. The van der Waals surface area contributed by atoms with E-state index in [0.29, 0.717) is 35.9 Å². The van der Waals surface area contributed by atoms with Gasteiger partial charge < -0.3 is 19.1 Å². The number of aromatic nitrogens is 3. The molecule has 2 heterocycles. The number of carbonyl (C=O) groups excluding carboxylic acids is 1. The SMILES string of the molecule is Cc1cc(CNC(=O)c2ccc(-c3cccc(COc4ccc(Cn5oc(=O)[nH]c5=O)cc4)c3)c(C)c2)no1. The highest BCUT2D eigenvalue weighted by Gasteiger charge is 2.11. The summed E-state index contributed by atoms with van der Waals surface area (Å²) in [5.41, 5.74) is 5.45. The third kappa shape index (κ3) is 6.24. The molecule has 5 aromatic rings. The standard InChI is InChI=1S/C29H26N4O6/c1-18-12-23(27(34)30-15-24-13-19(2)38-32-24)8-11-26(18)22-5-3-4-21(14-22)17-37-25-9-6-20(7-10-25)16-33-28(35)31-29(36)39-33/h3-14H,15-17H2,1-2H3,(H,30,34)(H,31,35,36). The van der Waals surface area contributed by atoms with Crippen LogP contribution in [-0.4, -0.2) is 20.8 Å². The van der Waals surface area contributed by atoms with Gasteiger partial charge in [0.2, 0.25) is 0 Å². The summed E-state index contributed by atoms with van der Waals surface area (Å²) in [5.74, 6) is 0.403. The fraction of sp³-hybridized carbons (Fsp3) is 0.172. The second-order valence-corrected chi connectivity index (χ2v) is 9.12. The number of nitrogens with zero attached hydrogens (tertiary/aromatic N) is 2. The molecule has 2 aromatic heterocycles. The van der Waals surface area contributed by atoms with Crippen LogP contribution in [0, 0.1) is 13.8 Å². The minimum atomic E-state index is -0.784. The Kier molecular flexibility index (Phi) is 7.26. The zero-order valence-corrected chi connectivity index (χ0v) is 21.4. The molecule has 0 saturated heterocycles. The maximum Gasteiger partial charge on any atom is 0.440 e. The van der Waals surface area contributed by atoms with Crippen molar-refractivity contribution in [3.05, 3.63) is 128 Å². The van der Waals surface area contributed by atoms with Crippen LogP contribution in [0.15, 0.2) is 91.4 Å². The lowest BCUT2D eigenvalue weighted by molar-refractivity contribution is 0.0950. The average Bonchev–Trinajstić information content (AvgIpc) is 3.49. The number of benzene rings is 3. The van der Waals surface area contributed by atoms with Gasteiger partial charge in [-0.3, -0.25) is 4.79 Å². The van der Waals surface area contributed by atoms with E-state index in [2.05, 4.69) is 21.5 Å². The molecule has 198 valence electrons. The molecule has 0 bridgehead atoms. The first-order valence-electron chi connectivity index (χ1n) is 12.3. The molecule has 0 spiro atoms. The van der Waals surface area contributed by atoms with E-state index in [0.717, 1.165) is 32.6 Å². The third-order valence-electron chi connectivity index (χ3n) is 6.12. The van der Waals surface area contributed by atoms with Crippen LogP contribution >= 0.6 is 0 Å². The first kappa shape index (κ1) is 25.5. The summed E-state index contributed by atoms with van der Waals surface area (Å²) >= 11 is 0. The van der Waals surface area contributed by atoms with Gasteiger partial charge in [-0.05, 0) is 72.0 Å². The Hall–Kier alpha value is -5.12. The van der Waals surface area contributed by atoms with Crippen LogP contribution in [-0.2, 0) is 19.7 Å². The number of carbonyl (C=O) groups is 1. The molecule has 10 nitrogen and oxygen atoms in total.